The lowest BCUT2D eigenvalue weighted by Crippen LogP contribution is -2.32. The molecule has 2 aliphatic heterocycles. The number of hydrogen-bond acceptors (Lipinski definition) is 4. The Morgan fingerprint density at radius 2 is 2.00 bits per heavy atom. The van der Waals surface area contributed by atoms with E-state index in [9.17, 15) is 0 Å². The van der Waals surface area contributed by atoms with Crippen LogP contribution in [0.5, 0.6) is 5.75 Å². The van der Waals surface area contributed by atoms with E-state index in [0.29, 0.717) is 0 Å². The predicted octanol–water partition coefficient (Wildman–Crippen LogP) is 4.12. The Morgan fingerprint density at radius 3 is 2.91 bits per heavy atom. The lowest BCUT2D eigenvalue weighted by molar-refractivity contribution is 0.415. The van der Waals surface area contributed by atoms with E-state index in [1.54, 1.807) is 19.1 Å². The minimum Gasteiger partial charge on any atom is -0.497 e. The Morgan fingerprint density at radius 1 is 1.14 bits per heavy atom. The third-order valence-electron chi connectivity index (χ3n) is 3.97. The van der Waals surface area contributed by atoms with Gasteiger partial charge in [0.05, 0.1) is 7.11 Å². The normalized spacial score (nSPS) is 17.0. The number of hydrogen-bond donors (Lipinski definition) is 0. The van der Waals surface area contributed by atoms with Crippen LogP contribution in [0.15, 0.2) is 59.1 Å². The van der Waals surface area contributed by atoms with E-state index in [0.717, 1.165) is 23.9 Å². The molecule has 0 N–H and O–H groups in total. The van der Waals surface area contributed by atoms with Crippen molar-refractivity contribution in [3.63, 3.8) is 0 Å². The highest BCUT2D eigenvalue weighted by Crippen LogP contribution is 2.30. The zero-order valence-electron chi connectivity index (χ0n) is 12.3. The van der Waals surface area contributed by atoms with Gasteiger partial charge in [-0.05, 0) is 58.6 Å². The van der Waals surface area contributed by atoms with Crippen LogP contribution in [0.3, 0.4) is 0 Å². The van der Waals surface area contributed by atoms with Crippen molar-refractivity contribution >= 4 is 34.1 Å². The molecule has 0 saturated heterocycles. The summed E-state index contributed by atoms with van der Waals surface area (Å²) < 4.78 is 9.93. The van der Waals surface area contributed by atoms with Crippen LogP contribution in [0.1, 0.15) is 5.56 Å². The molecule has 0 aliphatic carbocycles. The number of methoxy groups -OCH3 is 1. The van der Waals surface area contributed by atoms with Gasteiger partial charge in [-0.3, -0.25) is 0 Å². The lowest BCUT2D eigenvalue weighted by Gasteiger charge is -2.29. The van der Waals surface area contributed by atoms with Crippen molar-refractivity contribution in [2.45, 2.75) is 0 Å². The summed E-state index contributed by atoms with van der Waals surface area (Å²) in [4.78, 5) is 2.23. The number of ether oxygens (including phenoxy) is 1. The second-order valence-electron chi connectivity index (χ2n) is 5.29. The fraction of sp³-hybridized carbons (Fsp3) is 0.167. The molecule has 22 heavy (non-hydrogen) atoms. The van der Waals surface area contributed by atoms with Crippen molar-refractivity contribution in [3.05, 3.63) is 60.3 Å². The Hall–Kier alpha value is -2.20. The van der Waals surface area contributed by atoms with Crippen molar-refractivity contribution in [1.29, 1.82) is 0 Å². The topological polar surface area (TPSA) is 24.8 Å². The van der Waals surface area contributed by atoms with Crippen LogP contribution in [-0.2, 0) is 0 Å². The van der Waals surface area contributed by atoms with Gasteiger partial charge in [0, 0.05) is 24.1 Å². The fourth-order valence-corrected chi connectivity index (χ4v) is 3.51. The van der Waals surface area contributed by atoms with E-state index in [-0.39, 0.29) is 0 Å². The average Bonchev–Trinajstić information content (AvgIpc) is 2.60. The molecule has 0 atom stereocenters. The Labute approximate surface area is 134 Å². The summed E-state index contributed by atoms with van der Waals surface area (Å²) in [6, 6.07) is 12.7. The Kier molecular flexibility index (Phi) is 3.39. The second kappa shape index (κ2) is 5.54. The molecule has 0 aromatic heterocycles. The predicted molar refractivity (Wildman–Crippen MR) is 94.2 cm³/mol. The Balaban J connectivity index is 1.79. The summed E-state index contributed by atoms with van der Waals surface area (Å²) in [7, 11) is 1.70. The maximum absolute atomic E-state index is 5.29. The van der Waals surface area contributed by atoms with E-state index in [1.165, 1.54) is 21.9 Å². The maximum Gasteiger partial charge on any atom is 0.148 e. The van der Waals surface area contributed by atoms with Crippen LogP contribution < -0.4 is 4.74 Å². The van der Waals surface area contributed by atoms with Crippen LogP contribution in [0.2, 0.25) is 0 Å². The monoisotopic (exact) mass is 308 g/mol. The number of fused-ring (bicyclic) bond motifs is 2. The molecule has 0 spiro atoms. The highest BCUT2D eigenvalue weighted by molar-refractivity contribution is 7.98. The first-order valence-corrected chi connectivity index (χ1v) is 8.23. The summed E-state index contributed by atoms with van der Waals surface area (Å²) in [6.07, 6.45) is 6.35. The van der Waals surface area contributed by atoms with Crippen LogP contribution in [0.25, 0.3) is 16.3 Å². The molecule has 3 nitrogen and oxygen atoms in total. The standard InChI is InChI=1S/C18H16N2OS/c1-21-16-7-6-13-11-15(5-4-14(13)12-16)17-3-2-8-20-9-10-22-19-18(17)20/h2-8,11-12H,9-10H2,1H3. The molecule has 0 unspecified atom stereocenters. The third-order valence-corrected chi connectivity index (χ3v) is 4.64. The van der Waals surface area contributed by atoms with Gasteiger partial charge in [0.25, 0.3) is 0 Å². The van der Waals surface area contributed by atoms with Gasteiger partial charge >= 0.3 is 0 Å². The van der Waals surface area contributed by atoms with Crippen LogP contribution in [0.4, 0.5) is 0 Å². The summed E-state index contributed by atoms with van der Waals surface area (Å²) in [6.45, 7) is 1.02. The average molecular weight is 308 g/mol. The van der Waals surface area contributed by atoms with Crippen LogP contribution >= 0.6 is 11.9 Å². The highest BCUT2D eigenvalue weighted by Gasteiger charge is 2.21. The second-order valence-corrected chi connectivity index (χ2v) is 6.14. The first kappa shape index (κ1) is 13.5. The number of benzene rings is 2. The summed E-state index contributed by atoms with van der Waals surface area (Å²) in [5, 5.41) is 2.40. The molecule has 2 aromatic rings. The SMILES string of the molecule is COc1ccc2cc(C3=CC=CN4CCSN=C34)ccc2c1. The van der Waals surface area contributed by atoms with Crippen molar-refractivity contribution in [2.24, 2.45) is 4.40 Å². The van der Waals surface area contributed by atoms with Crippen molar-refractivity contribution < 1.29 is 4.74 Å². The first-order chi connectivity index (χ1) is 10.8. The molecule has 0 saturated carbocycles. The van der Waals surface area contributed by atoms with Crippen LogP contribution in [-0.4, -0.2) is 30.1 Å². The minimum atomic E-state index is 0.888. The smallest absolute Gasteiger partial charge is 0.148 e. The number of allylic oxidation sites excluding steroid dienone is 2. The van der Waals surface area contributed by atoms with E-state index in [4.69, 9.17) is 4.74 Å². The lowest BCUT2D eigenvalue weighted by atomic mass is 9.98. The summed E-state index contributed by atoms with van der Waals surface area (Å²) >= 11 is 1.64. The molecule has 0 bridgehead atoms. The molecule has 2 heterocycles. The number of nitrogens with zero attached hydrogens (tertiary/aromatic N) is 2. The zero-order chi connectivity index (χ0) is 14.9. The van der Waals surface area contributed by atoms with E-state index in [2.05, 4.69) is 58.0 Å². The van der Waals surface area contributed by atoms with E-state index < -0.39 is 0 Å². The Bertz CT molecular complexity index is 823. The zero-order valence-corrected chi connectivity index (χ0v) is 13.1. The van der Waals surface area contributed by atoms with Gasteiger partial charge in [-0.1, -0.05) is 18.2 Å². The fourth-order valence-electron chi connectivity index (χ4n) is 2.81. The van der Waals surface area contributed by atoms with Crippen molar-refractivity contribution in [3.8, 4) is 5.75 Å². The van der Waals surface area contributed by atoms with Gasteiger partial charge in [0.2, 0.25) is 0 Å². The summed E-state index contributed by atoms with van der Waals surface area (Å²) in [5.41, 5.74) is 2.39. The van der Waals surface area contributed by atoms with Gasteiger partial charge in [0.1, 0.15) is 11.6 Å². The van der Waals surface area contributed by atoms with Crippen LogP contribution in [0, 0.1) is 0 Å². The molecule has 2 aliphatic rings. The van der Waals surface area contributed by atoms with Gasteiger partial charge in [-0.25, -0.2) is 0 Å². The third kappa shape index (κ3) is 2.29. The number of amidine groups is 1. The maximum atomic E-state index is 5.29. The molecule has 0 radical (unpaired) electrons. The van der Waals surface area contributed by atoms with Crippen molar-refractivity contribution in [1.82, 2.24) is 4.90 Å². The van der Waals surface area contributed by atoms with Gasteiger partial charge in [0.15, 0.2) is 0 Å². The minimum absolute atomic E-state index is 0.888. The molecule has 4 heteroatoms. The molecule has 0 amide bonds. The van der Waals surface area contributed by atoms with Gasteiger partial charge in [-0.15, -0.1) is 0 Å². The summed E-state index contributed by atoms with van der Waals surface area (Å²) in [5.74, 6) is 2.99. The largest absolute Gasteiger partial charge is 0.497 e. The first-order valence-electron chi connectivity index (χ1n) is 7.29. The van der Waals surface area contributed by atoms with E-state index in [1.807, 2.05) is 6.07 Å². The molecule has 4 rings (SSSR count). The van der Waals surface area contributed by atoms with Gasteiger partial charge in [-0.2, -0.15) is 4.40 Å². The molecule has 110 valence electrons. The van der Waals surface area contributed by atoms with E-state index >= 15 is 0 Å². The molecule has 0 fully saturated rings. The highest BCUT2D eigenvalue weighted by atomic mass is 32.2. The number of rotatable bonds is 2. The molecule has 2 aromatic carbocycles. The van der Waals surface area contributed by atoms with Gasteiger partial charge < -0.3 is 9.64 Å². The molecular formula is C18H16N2OS. The quantitative estimate of drug-likeness (QED) is 0.780. The van der Waals surface area contributed by atoms with Crippen molar-refractivity contribution in [2.75, 3.05) is 19.4 Å². The molecular weight excluding hydrogens is 292 g/mol.